The summed E-state index contributed by atoms with van der Waals surface area (Å²) >= 11 is 0. The van der Waals surface area contributed by atoms with Gasteiger partial charge >= 0.3 is 0 Å². The van der Waals surface area contributed by atoms with Crippen LogP contribution in [-0.4, -0.2) is 19.1 Å². The highest BCUT2D eigenvalue weighted by Gasteiger charge is 2.10. The summed E-state index contributed by atoms with van der Waals surface area (Å²) < 4.78 is 11.4. The van der Waals surface area contributed by atoms with Crippen molar-refractivity contribution in [2.45, 2.75) is 33.3 Å². The zero-order valence-corrected chi connectivity index (χ0v) is 14.4. The highest BCUT2D eigenvalue weighted by atomic mass is 16.5. The molecule has 0 unspecified atom stereocenters. The molecule has 4 nitrogen and oxygen atoms in total. The second-order valence-corrected chi connectivity index (χ2v) is 5.89. The highest BCUT2D eigenvalue weighted by Crippen LogP contribution is 2.21. The van der Waals surface area contributed by atoms with E-state index in [9.17, 15) is 4.79 Å². The van der Waals surface area contributed by atoms with E-state index in [0.717, 1.165) is 36.3 Å². The molecule has 1 amide bonds. The van der Waals surface area contributed by atoms with Crippen LogP contribution in [0.2, 0.25) is 0 Å². The lowest BCUT2D eigenvalue weighted by molar-refractivity contribution is 0.0999. The quantitative estimate of drug-likeness (QED) is 0.713. The van der Waals surface area contributed by atoms with Gasteiger partial charge in [-0.3, -0.25) is 4.79 Å². The zero-order valence-electron chi connectivity index (χ0n) is 14.4. The van der Waals surface area contributed by atoms with Crippen LogP contribution < -0.4 is 10.5 Å². The maximum absolute atomic E-state index is 11.4. The largest absolute Gasteiger partial charge is 0.494 e. The third kappa shape index (κ3) is 5.39. The van der Waals surface area contributed by atoms with Gasteiger partial charge in [0.05, 0.1) is 13.2 Å². The van der Waals surface area contributed by atoms with Crippen LogP contribution in [0.4, 0.5) is 0 Å². The number of amides is 1. The van der Waals surface area contributed by atoms with Crippen molar-refractivity contribution < 1.29 is 14.3 Å². The number of nitrogens with two attached hydrogens (primary N) is 1. The Kier molecular flexibility index (Phi) is 6.82. The maximum Gasteiger partial charge on any atom is 0.249 e. The van der Waals surface area contributed by atoms with Gasteiger partial charge in [0.25, 0.3) is 0 Å². The van der Waals surface area contributed by atoms with Gasteiger partial charge in [0.1, 0.15) is 5.75 Å². The van der Waals surface area contributed by atoms with Crippen molar-refractivity contribution in [3.8, 4) is 5.75 Å². The molecule has 2 N–H and O–H groups in total. The number of primary amides is 1. The lowest BCUT2D eigenvalue weighted by Crippen LogP contribution is -2.14. The van der Waals surface area contributed by atoms with Gasteiger partial charge in [-0.2, -0.15) is 0 Å². The van der Waals surface area contributed by atoms with E-state index in [-0.39, 0.29) is 0 Å². The van der Waals surface area contributed by atoms with E-state index in [1.807, 2.05) is 44.2 Å². The normalized spacial score (nSPS) is 10.6. The summed E-state index contributed by atoms with van der Waals surface area (Å²) in [6.07, 6.45) is 1.87. The Morgan fingerprint density at radius 3 is 2.25 bits per heavy atom. The van der Waals surface area contributed by atoms with Crippen LogP contribution in [-0.2, 0) is 11.3 Å². The van der Waals surface area contributed by atoms with Crippen LogP contribution in [0.25, 0.3) is 0 Å². The van der Waals surface area contributed by atoms with E-state index in [1.54, 1.807) is 0 Å². The van der Waals surface area contributed by atoms with Gasteiger partial charge in [-0.05, 0) is 55.5 Å². The molecule has 128 valence electrons. The van der Waals surface area contributed by atoms with Crippen molar-refractivity contribution in [2.24, 2.45) is 5.73 Å². The summed E-state index contributed by atoms with van der Waals surface area (Å²) in [5, 5.41) is 0. The average Bonchev–Trinajstić information content (AvgIpc) is 2.54. The molecule has 0 heterocycles. The number of aryl methyl sites for hydroxylation is 2. The first-order valence-corrected chi connectivity index (χ1v) is 8.23. The zero-order chi connectivity index (χ0) is 17.4. The molecule has 0 aliphatic rings. The van der Waals surface area contributed by atoms with E-state index >= 15 is 0 Å². The van der Waals surface area contributed by atoms with Crippen molar-refractivity contribution >= 4 is 5.91 Å². The summed E-state index contributed by atoms with van der Waals surface area (Å²) in [5.74, 6) is 0.382. The van der Waals surface area contributed by atoms with Gasteiger partial charge in [-0.25, -0.2) is 0 Å². The van der Waals surface area contributed by atoms with Crippen molar-refractivity contribution in [2.75, 3.05) is 13.2 Å². The third-order valence-corrected chi connectivity index (χ3v) is 3.82. The second kappa shape index (κ2) is 9.08. The fraction of sp³-hybridized carbons (Fsp3) is 0.350. The van der Waals surface area contributed by atoms with Crippen molar-refractivity contribution in [1.82, 2.24) is 0 Å². The SMILES string of the molecule is Cc1cc(OCCCCOCc2ccccc2)cc(C)c1C(N)=O. The minimum absolute atomic E-state index is 0.396. The van der Waals surface area contributed by atoms with Crippen molar-refractivity contribution in [1.29, 1.82) is 0 Å². The van der Waals surface area contributed by atoms with Crippen LogP contribution in [0.15, 0.2) is 42.5 Å². The number of carbonyl (C=O) groups excluding carboxylic acids is 1. The highest BCUT2D eigenvalue weighted by molar-refractivity contribution is 5.96. The summed E-state index contributed by atoms with van der Waals surface area (Å²) in [6.45, 7) is 5.74. The minimum atomic E-state index is -0.396. The Morgan fingerprint density at radius 1 is 1.00 bits per heavy atom. The molecule has 0 saturated heterocycles. The third-order valence-electron chi connectivity index (χ3n) is 3.82. The smallest absolute Gasteiger partial charge is 0.249 e. The summed E-state index contributed by atoms with van der Waals surface area (Å²) in [5.41, 5.74) is 8.85. The van der Waals surface area contributed by atoms with Crippen LogP contribution >= 0.6 is 0 Å². The molecule has 2 aromatic rings. The summed E-state index contributed by atoms with van der Waals surface area (Å²) in [7, 11) is 0. The molecule has 0 saturated carbocycles. The Balaban J connectivity index is 1.66. The van der Waals surface area contributed by atoms with E-state index in [2.05, 4.69) is 12.1 Å². The first kappa shape index (κ1) is 18.0. The Bertz CT molecular complexity index is 645. The van der Waals surface area contributed by atoms with Gasteiger partial charge < -0.3 is 15.2 Å². The molecular formula is C20H25NO3. The fourth-order valence-corrected chi connectivity index (χ4v) is 2.66. The lowest BCUT2D eigenvalue weighted by Gasteiger charge is -2.11. The number of hydrogen-bond acceptors (Lipinski definition) is 3. The predicted octanol–water partition coefficient (Wildman–Crippen LogP) is 3.78. The molecule has 0 radical (unpaired) electrons. The molecule has 0 aliphatic heterocycles. The fourth-order valence-electron chi connectivity index (χ4n) is 2.66. The molecule has 4 heteroatoms. The van der Waals surface area contributed by atoms with Gasteiger partial charge in [0, 0.05) is 12.2 Å². The molecule has 0 aromatic heterocycles. The molecule has 0 atom stereocenters. The molecular weight excluding hydrogens is 302 g/mol. The number of benzene rings is 2. The van der Waals surface area contributed by atoms with Crippen LogP contribution in [0, 0.1) is 13.8 Å². The Morgan fingerprint density at radius 2 is 1.62 bits per heavy atom. The van der Waals surface area contributed by atoms with Gasteiger partial charge in [0.15, 0.2) is 0 Å². The van der Waals surface area contributed by atoms with Gasteiger partial charge in [0.2, 0.25) is 5.91 Å². The van der Waals surface area contributed by atoms with E-state index < -0.39 is 5.91 Å². The number of unbranched alkanes of at least 4 members (excludes halogenated alkanes) is 1. The molecule has 0 aliphatic carbocycles. The number of ether oxygens (including phenoxy) is 2. The second-order valence-electron chi connectivity index (χ2n) is 5.89. The molecule has 0 bridgehead atoms. The van der Waals surface area contributed by atoms with Gasteiger partial charge in [-0.1, -0.05) is 30.3 Å². The number of hydrogen-bond donors (Lipinski definition) is 1. The van der Waals surface area contributed by atoms with Crippen LogP contribution in [0.3, 0.4) is 0 Å². The molecule has 2 aromatic carbocycles. The van der Waals surface area contributed by atoms with E-state index in [4.69, 9.17) is 15.2 Å². The average molecular weight is 327 g/mol. The number of rotatable bonds is 9. The molecule has 24 heavy (non-hydrogen) atoms. The van der Waals surface area contributed by atoms with E-state index in [1.165, 1.54) is 5.56 Å². The Hall–Kier alpha value is -2.33. The first-order valence-electron chi connectivity index (χ1n) is 8.23. The topological polar surface area (TPSA) is 61.6 Å². The minimum Gasteiger partial charge on any atom is -0.494 e. The van der Waals surface area contributed by atoms with Crippen molar-refractivity contribution in [3.63, 3.8) is 0 Å². The van der Waals surface area contributed by atoms with Crippen LogP contribution in [0.5, 0.6) is 5.75 Å². The van der Waals surface area contributed by atoms with Crippen LogP contribution in [0.1, 0.15) is 39.9 Å². The van der Waals surface area contributed by atoms with Gasteiger partial charge in [-0.15, -0.1) is 0 Å². The lowest BCUT2D eigenvalue weighted by atomic mass is 10.0. The maximum atomic E-state index is 11.4. The molecule has 2 rings (SSSR count). The Labute approximate surface area is 143 Å². The first-order chi connectivity index (χ1) is 11.6. The van der Waals surface area contributed by atoms with Crippen molar-refractivity contribution in [3.05, 3.63) is 64.7 Å². The molecule has 0 spiro atoms. The summed E-state index contributed by atoms with van der Waals surface area (Å²) in [4.78, 5) is 11.4. The number of carbonyl (C=O) groups is 1. The standard InChI is InChI=1S/C20H25NO3/c1-15-12-18(13-16(2)19(15)20(21)22)24-11-7-6-10-23-14-17-8-4-3-5-9-17/h3-5,8-9,12-13H,6-7,10-11,14H2,1-2H3,(H2,21,22). The summed E-state index contributed by atoms with van der Waals surface area (Å²) in [6, 6.07) is 13.9. The molecule has 0 fully saturated rings. The predicted molar refractivity (Wildman–Crippen MR) is 95.3 cm³/mol. The van der Waals surface area contributed by atoms with E-state index in [0.29, 0.717) is 18.8 Å². The monoisotopic (exact) mass is 327 g/mol.